The minimum Gasteiger partial charge on any atom is -0.467 e. The predicted molar refractivity (Wildman–Crippen MR) is 116 cm³/mol. The van der Waals surface area contributed by atoms with Crippen LogP contribution in [0.4, 0.5) is 11.4 Å². The van der Waals surface area contributed by atoms with Gasteiger partial charge in [-0.3, -0.25) is 9.69 Å². The fraction of sp³-hybridized carbons (Fsp3) is 0.200. The van der Waals surface area contributed by atoms with Crippen LogP contribution in [-0.4, -0.2) is 39.5 Å². The first-order valence-electron chi connectivity index (χ1n) is 8.63. The number of benzene rings is 2. The molecule has 2 aromatic rings. The maximum atomic E-state index is 12.8. The second-order valence-electron chi connectivity index (χ2n) is 6.20. The van der Waals surface area contributed by atoms with Crippen molar-refractivity contribution in [2.75, 3.05) is 17.7 Å². The lowest BCUT2D eigenvalue weighted by Crippen LogP contribution is -2.62. The minimum absolute atomic E-state index is 0.0938. The molecule has 1 amide bonds. The van der Waals surface area contributed by atoms with Crippen molar-refractivity contribution in [3.05, 3.63) is 60.7 Å². The lowest BCUT2D eigenvalue weighted by molar-refractivity contribution is -0.149. The van der Waals surface area contributed by atoms with E-state index in [0.29, 0.717) is 11.4 Å². The molecule has 0 aromatic heterocycles. The Morgan fingerprint density at radius 1 is 1.00 bits per heavy atom. The van der Waals surface area contributed by atoms with Gasteiger partial charge in [0.25, 0.3) is 0 Å². The molecule has 1 fully saturated rings. The smallest absolute Gasteiger partial charge is 0.339 e. The third-order valence-corrected chi connectivity index (χ3v) is 5.21. The maximum absolute atomic E-state index is 12.8. The van der Waals surface area contributed by atoms with Crippen LogP contribution in [0.25, 0.3) is 0 Å². The zero-order chi connectivity index (χ0) is 20.1. The highest BCUT2D eigenvalue weighted by molar-refractivity contribution is 7.81. The van der Waals surface area contributed by atoms with E-state index in [0.717, 1.165) is 0 Å². The van der Waals surface area contributed by atoms with Crippen molar-refractivity contribution in [1.82, 2.24) is 4.90 Å². The van der Waals surface area contributed by atoms with Gasteiger partial charge in [-0.25, -0.2) is 4.79 Å². The SMILES string of the molecule is COC(=O)C1(C(=S)Nc2ccccc2)CCC(=O)N1C(=S)Nc1ccccc1. The van der Waals surface area contributed by atoms with E-state index in [4.69, 9.17) is 29.2 Å². The zero-order valence-corrected chi connectivity index (χ0v) is 16.8. The van der Waals surface area contributed by atoms with Crippen LogP contribution in [0.5, 0.6) is 0 Å². The molecule has 1 unspecified atom stereocenters. The Morgan fingerprint density at radius 3 is 2.07 bits per heavy atom. The molecule has 0 saturated carbocycles. The van der Waals surface area contributed by atoms with Crippen LogP contribution in [0.2, 0.25) is 0 Å². The molecule has 0 aliphatic carbocycles. The van der Waals surface area contributed by atoms with Gasteiger partial charge in [0.15, 0.2) is 10.7 Å². The number of esters is 1. The Bertz CT molecular complexity index is 905. The van der Waals surface area contributed by atoms with Crippen LogP contribution in [0.1, 0.15) is 12.8 Å². The first-order chi connectivity index (χ1) is 13.5. The summed E-state index contributed by atoms with van der Waals surface area (Å²) in [6, 6.07) is 18.4. The number of hydrogen-bond donors (Lipinski definition) is 2. The van der Waals surface area contributed by atoms with Crippen molar-refractivity contribution in [2.45, 2.75) is 18.4 Å². The van der Waals surface area contributed by atoms with Crippen molar-refractivity contribution in [3.63, 3.8) is 0 Å². The van der Waals surface area contributed by atoms with Gasteiger partial charge in [-0.15, -0.1) is 0 Å². The third kappa shape index (κ3) is 3.74. The Morgan fingerprint density at radius 2 is 1.54 bits per heavy atom. The molecule has 144 valence electrons. The summed E-state index contributed by atoms with van der Waals surface area (Å²) < 4.78 is 5.03. The van der Waals surface area contributed by atoms with Crippen LogP contribution in [0.15, 0.2) is 60.7 Å². The fourth-order valence-electron chi connectivity index (χ4n) is 3.14. The van der Waals surface area contributed by atoms with Crippen molar-refractivity contribution in [2.24, 2.45) is 0 Å². The summed E-state index contributed by atoms with van der Waals surface area (Å²) in [4.78, 5) is 26.9. The summed E-state index contributed by atoms with van der Waals surface area (Å²) in [6.45, 7) is 0. The molecule has 6 nitrogen and oxygen atoms in total. The lowest BCUT2D eigenvalue weighted by Gasteiger charge is -2.36. The molecule has 2 N–H and O–H groups in total. The first kappa shape index (κ1) is 19.9. The van der Waals surface area contributed by atoms with E-state index in [1.165, 1.54) is 12.0 Å². The molecule has 0 spiro atoms. The highest BCUT2D eigenvalue weighted by Gasteiger charge is 2.57. The highest BCUT2D eigenvalue weighted by Crippen LogP contribution is 2.35. The number of likely N-dealkylation sites (tertiary alicyclic amines) is 1. The number of amides is 1. The van der Waals surface area contributed by atoms with Crippen LogP contribution in [0.3, 0.4) is 0 Å². The molecule has 0 bridgehead atoms. The number of rotatable bonds is 4. The monoisotopic (exact) mass is 413 g/mol. The summed E-state index contributed by atoms with van der Waals surface area (Å²) in [5, 5.41) is 6.16. The number of anilines is 2. The molecule has 0 radical (unpaired) electrons. The van der Waals surface area contributed by atoms with E-state index < -0.39 is 11.5 Å². The molecule has 1 atom stereocenters. The number of carbonyl (C=O) groups excluding carboxylic acids is 2. The zero-order valence-electron chi connectivity index (χ0n) is 15.2. The molecule has 1 saturated heterocycles. The predicted octanol–water partition coefficient (Wildman–Crippen LogP) is 3.36. The molecular weight excluding hydrogens is 394 g/mol. The number of thiocarbonyl (C=S) groups is 2. The van der Waals surface area contributed by atoms with E-state index in [-0.39, 0.29) is 28.8 Å². The quantitative estimate of drug-likeness (QED) is 0.588. The molecule has 1 aliphatic heterocycles. The van der Waals surface area contributed by atoms with Crippen LogP contribution >= 0.6 is 24.4 Å². The van der Waals surface area contributed by atoms with Gasteiger partial charge < -0.3 is 15.4 Å². The standard InChI is InChI=1S/C20H19N3O3S2/c1-26-18(25)20(17(27)21-14-8-4-2-5-9-14)13-12-16(24)23(20)19(28)22-15-10-6-3-7-11-15/h2-11H,12-13H2,1H3,(H,21,27)(H,22,28). The van der Waals surface area contributed by atoms with E-state index in [1.54, 1.807) is 0 Å². The average molecular weight is 414 g/mol. The maximum Gasteiger partial charge on any atom is 0.339 e. The minimum atomic E-state index is -1.50. The number of carbonyl (C=O) groups is 2. The van der Waals surface area contributed by atoms with Crippen LogP contribution in [0, 0.1) is 0 Å². The molecule has 28 heavy (non-hydrogen) atoms. The van der Waals surface area contributed by atoms with Gasteiger partial charge in [-0.05, 0) is 42.9 Å². The number of para-hydroxylation sites is 2. The molecular formula is C20H19N3O3S2. The second-order valence-corrected chi connectivity index (χ2v) is 6.99. The van der Waals surface area contributed by atoms with Gasteiger partial charge in [0.2, 0.25) is 5.91 Å². The number of nitrogens with one attached hydrogen (secondary N) is 2. The molecule has 1 heterocycles. The largest absolute Gasteiger partial charge is 0.467 e. The van der Waals surface area contributed by atoms with Crippen LogP contribution in [-0.2, 0) is 14.3 Å². The summed E-state index contributed by atoms with van der Waals surface area (Å²) in [6.07, 6.45) is 0.302. The summed E-state index contributed by atoms with van der Waals surface area (Å²) in [5.41, 5.74) is -0.0968. The summed E-state index contributed by atoms with van der Waals surface area (Å²) in [7, 11) is 1.27. The lowest BCUT2D eigenvalue weighted by atomic mass is 9.95. The summed E-state index contributed by atoms with van der Waals surface area (Å²) >= 11 is 11.0. The van der Waals surface area contributed by atoms with Crippen molar-refractivity contribution < 1.29 is 14.3 Å². The molecule has 2 aromatic carbocycles. The van der Waals surface area contributed by atoms with Gasteiger partial charge in [0.05, 0.1) is 7.11 Å². The van der Waals surface area contributed by atoms with E-state index in [2.05, 4.69) is 10.6 Å². The van der Waals surface area contributed by atoms with E-state index in [9.17, 15) is 9.59 Å². The number of hydrogen-bond acceptors (Lipinski definition) is 5. The molecule has 1 aliphatic rings. The van der Waals surface area contributed by atoms with Crippen LogP contribution < -0.4 is 10.6 Å². The van der Waals surface area contributed by atoms with Crippen molar-refractivity contribution in [1.29, 1.82) is 0 Å². The van der Waals surface area contributed by atoms with E-state index >= 15 is 0 Å². The third-order valence-electron chi connectivity index (χ3n) is 4.49. The highest BCUT2D eigenvalue weighted by atomic mass is 32.1. The fourth-order valence-corrected chi connectivity index (χ4v) is 3.91. The number of ether oxygens (including phenoxy) is 1. The Hall–Kier alpha value is -2.84. The Labute approximate surface area is 173 Å². The van der Waals surface area contributed by atoms with Gasteiger partial charge in [0, 0.05) is 17.8 Å². The molecule has 3 rings (SSSR count). The topological polar surface area (TPSA) is 70.7 Å². The van der Waals surface area contributed by atoms with Gasteiger partial charge >= 0.3 is 5.97 Å². The normalized spacial score (nSPS) is 18.5. The van der Waals surface area contributed by atoms with Gasteiger partial charge in [-0.1, -0.05) is 48.6 Å². The van der Waals surface area contributed by atoms with Crippen molar-refractivity contribution >= 4 is 57.8 Å². The number of methoxy groups -OCH3 is 1. The van der Waals surface area contributed by atoms with Gasteiger partial charge in [0.1, 0.15) is 4.99 Å². The average Bonchev–Trinajstić information content (AvgIpc) is 3.07. The van der Waals surface area contributed by atoms with E-state index in [1.807, 2.05) is 60.7 Å². The Balaban J connectivity index is 1.95. The molecule has 8 heteroatoms. The summed E-state index contributed by atoms with van der Waals surface area (Å²) in [5.74, 6) is -0.931. The number of nitrogens with zero attached hydrogens (tertiary/aromatic N) is 1. The van der Waals surface area contributed by atoms with Crippen molar-refractivity contribution in [3.8, 4) is 0 Å². The Kier molecular flexibility index (Phi) is 6.01. The first-order valence-corrected chi connectivity index (χ1v) is 9.44. The second kappa shape index (κ2) is 8.45. The van der Waals surface area contributed by atoms with Gasteiger partial charge in [-0.2, -0.15) is 0 Å².